The molecule has 9 heteroatoms. The molecule has 4 aromatic rings. The topological polar surface area (TPSA) is 120 Å². The number of imidazole rings is 1. The summed E-state index contributed by atoms with van der Waals surface area (Å²) in [5.74, 6) is 1.18. The van der Waals surface area contributed by atoms with Gasteiger partial charge in [0.1, 0.15) is 24.8 Å². The van der Waals surface area contributed by atoms with Gasteiger partial charge in [0.05, 0.1) is 21.5 Å². The number of hydrogen-bond acceptors (Lipinski definition) is 7. The van der Waals surface area contributed by atoms with Crippen LogP contribution in [0.1, 0.15) is 52.7 Å². The van der Waals surface area contributed by atoms with Crippen molar-refractivity contribution in [3.63, 3.8) is 0 Å². The van der Waals surface area contributed by atoms with E-state index in [2.05, 4.69) is 0 Å². The Hall–Kier alpha value is -4.27. The third-order valence-electron chi connectivity index (χ3n) is 6.74. The van der Waals surface area contributed by atoms with Gasteiger partial charge < -0.3 is 19.7 Å². The quantitative estimate of drug-likeness (QED) is 0.239. The van der Waals surface area contributed by atoms with Crippen LogP contribution in [0, 0.1) is 10.1 Å². The number of nitrogens with zero attached hydrogens (tertiary/aromatic N) is 3. The maximum absolute atomic E-state index is 11.6. The summed E-state index contributed by atoms with van der Waals surface area (Å²) in [6, 6.07) is 11.8. The second-order valence-corrected chi connectivity index (χ2v) is 11.6. The van der Waals surface area contributed by atoms with E-state index in [4.69, 9.17) is 14.5 Å². The van der Waals surface area contributed by atoms with Crippen molar-refractivity contribution in [3.05, 3.63) is 63.7 Å². The summed E-state index contributed by atoms with van der Waals surface area (Å²) in [5, 5.41) is 33.9. The number of nitro groups is 1. The zero-order chi connectivity index (χ0) is 27.6. The van der Waals surface area contributed by atoms with Crippen LogP contribution in [0.3, 0.4) is 0 Å². The molecule has 198 valence electrons. The highest BCUT2D eigenvalue weighted by atomic mass is 16.6. The minimum Gasteiger partial charge on any atom is -0.507 e. The lowest BCUT2D eigenvalue weighted by atomic mass is 9.79. The lowest BCUT2D eigenvalue weighted by Crippen LogP contribution is -2.18. The van der Waals surface area contributed by atoms with Gasteiger partial charge in [-0.3, -0.25) is 14.7 Å². The van der Waals surface area contributed by atoms with Crippen LogP contribution in [0.2, 0.25) is 0 Å². The van der Waals surface area contributed by atoms with E-state index < -0.39 is 16.4 Å². The molecule has 0 bridgehead atoms. The average Bonchev–Trinajstić information content (AvgIpc) is 3.19. The molecule has 0 atom stereocenters. The largest absolute Gasteiger partial charge is 0.507 e. The van der Waals surface area contributed by atoms with Gasteiger partial charge in [0.25, 0.3) is 0 Å². The zero-order valence-corrected chi connectivity index (χ0v) is 22.3. The SMILES string of the molecule is CC(C)(C)c1cc(-n2c(-c3cccc([N+](=O)[O-])c3O)nc3cc4c(cc32)OCCO4)cc(C(C)(C)C)c1O. The molecule has 0 saturated heterocycles. The van der Waals surface area contributed by atoms with Gasteiger partial charge in [0.2, 0.25) is 5.75 Å². The molecule has 1 aromatic heterocycles. The van der Waals surface area contributed by atoms with E-state index in [1.807, 2.05) is 64.3 Å². The van der Waals surface area contributed by atoms with E-state index in [0.717, 1.165) is 11.1 Å². The first-order valence-corrected chi connectivity index (χ1v) is 12.4. The minimum absolute atomic E-state index is 0.206. The van der Waals surface area contributed by atoms with Crippen LogP contribution in [0.4, 0.5) is 5.69 Å². The predicted octanol–water partition coefficient (Wildman–Crippen LogP) is 6.38. The number of phenolic OH excluding ortho intramolecular Hbond substituents is 2. The highest BCUT2D eigenvalue weighted by molar-refractivity contribution is 5.88. The lowest BCUT2D eigenvalue weighted by molar-refractivity contribution is -0.385. The fourth-order valence-corrected chi connectivity index (χ4v) is 4.81. The fourth-order valence-electron chi connectivity index (χ4n) is 4.81. The van der Waals surface area contributed by atoms with Gasteiger partial charge in [0, 0.05) is 35.0 Å². The number of benzene rings is 3. The molecule has 0 fully saturated rings. The predicted molar refractivity (Wildman–Crippen MR) is 145 cm³/mol. The summed E-state index contributed by atoms with van der Waals surface area (Å²) in [6.45, 7) is 13.0. The normalized spacial score (nSPS) is 13.6. The molecule has 2 heterocycles. The number of ether oxygens (including phenoxy) is 2. The van der Waals surface area contributed by atoms with Crippen molar-refractivity contribution < 1.29 is 24.6 Å². The molecule has 0 aliphatic carbocycles. The molecule has 0 amide bonds. The van der Waals surface area contributed by atoms with Gasteiger partial charge in [-0.05, 0) is 29.0 Å². The van der Waals surface area contributed by atoms with Crippen LogP contribution < -0.4 is 9.47 Å². The molecule has 0 saturated carbocycles. The van der Waals surface area contributed by atoms with Crippen LogP contribution in [-0.2, 0) is 10.8 Å². The summed E-state index contributed by atoms with van der Waals surface area (Å²) in [4.78, 5) is 15.8. The number of aromatic hydroxyl groups is 2. The van der Waals surface area contributed by atoms with E-state index in [0.29, 0.717) is 47.3 Å². The van der Waals surface area contributed by atoms with E-state index >= 15 is 0 Å². The van der Waals surface area contributed by atoms with Gasteiger partial charge in [-0.1, -0.05) is 47.6 Å². The molecule has 38 heavy (non-hydrogen) atoms. The Balaban J connectivity index is 1.91. The van der Waals surface area contributed by atoms with E-state index in [-0.39, 0.29) is 22.1 Å². The van der Waals surface area contributed by atoms with E-state index in [1.165, 1.54) is 12.1 Å². The van der Waals surface area contributed by atoms with Crippen molar-refractivity contribution in [2.75, 3.05) is 13.2 Å². The third-order valence-corrected chi connectivity index (χ3v) is 6.74. The first kappa shape index (κ1) is 25.4. The Kier molecular flexibility index (Phi) is 5.78. The minimum atomic E-state index is -0.623. The molecule has 5 rings (SSSR count). The Morgan fingerprint density at radius 2 is 1.47 bits per heavy atom. The summed E-state index contributed by atoms with van der Waals surface area (Å²) >= 11 is 0. The lowest BCUT2D eigenvalue weighted by Gasteiger charge is -2.28. The van der Waals surface area contributed by atoms with Crippen LogP contribution in [0.15, 0.2) is 42.5 Å². The summed E-state index contributed by atoms with van der Waals surface area (Å²) in [5.41, 5.74) is 2.43. The van der Waals surface area contributed by atoms with E-state index in [1.54, 1.807) is 12.1 Å². The highest BCUT2D eigenvalue weighted by Crippen LogP contribution is 2.45. The molecule has 9 nitrogen and oxygen atoms in total. The fraction of sp³-hybridized carbons (Fsp3) is 0.345. The van der Waals surface area contributed by atoms with Gasteiger partial charge in [-0.25, -0.2) is 4.98 Å². The molecule has 1 aliphatic rings. The first-order valence-electron chi connectivity index (χ1n) is 12.4. The Labute approximate surface area is 220 Å². The summed E-state index contributed by atoms with van der Waals surface area (Å²) < 4.78 is 13.4. The number of para-hydroxylation sites is 1. The number of aromatic nitrogens is 2. The third kappa shape index (κ3) is 4.17. The number of fused-ring (bicyclic) bond motifs is 2. The van der Waals surface area contributed by atoms with Crippen molar-refractivity contribution in [1.82, 2.24) is 9.55 Å². The average molecular weight is 518 g/mol. The van der Waals surface area contributed by atoms with Crippen LogP contribution in [0.5, 0.6) is 23.0 Å². The number of phenols is 2. The number of nitro benzene ring substituents is 1. The van der Waals surface area contributed by atoms with Gasteiger partial charge in [-0.15, -0.1) is 0 Å². The molecule has 1 aliphatic heterocycles. The highest BCUT2D eigenvalue weighted by Gasteiger charge is 2.30. The van der Waals surface area contributed by atoms with Crippen molar-refractivity contribution >= 4 is 16.7 Å². The monoisotopic (exact) mass is 517 g/mol. The maximum atomic E-state index is 11.6. The standard InChI is InChI=1S/C29H31N3O6/c1-28(2,3)18-12-16(13-19(26(18)34)29(4,5)6)31-22-15-24-23(37-10-11-38-24)14-20(22)30-27(31)17-8-7-9-21(25(17)33)32(35)36/h7-9,12-15,33-34H,10-11H2,1-6H3. The second-order valence-electron chi connectivity index (χ2n) is 11.6. The molecule has 0 unspecified atom stereocenters. The molecular formula is C29H31N3O6. The van der Waals surface area contributed by atoms with Gasteiger partial charge in [0.15, 0.2) is 11.5 Å². The Morgan fingerprint density at radius 1 is 0.895 bits per heavy atom. The van der Waals surface area contributed by atoms with Crippen molar-refractivity contribution in [2.24, 2.45) is 0 Å². The van der Waals surface area contributed by atoms with Crippen LogP contribution in [-0.4, -0.2) is 37.9 Å². The Morgan fingerprint density at radius 3 is 2.03 bits per heavy atom. The molecule has 2 N–H and O–H groups in total. The smallest absolute Gasteiger partial charge is 0.311 e. The van der Waals surface area contributed by atoms with Gasteiger partial charge in [-0.2, -0.15) is 0 Å². The molecule has 3 aromatic carbocycles. The second kappa shape index (κ2) is 8.65. The van der Waals surface area contributed by atoms with Gasteiger partial charge >= 0.3 is 5.69 Å². The Bertz CT molecular complexity index is 1560. The van der Waals surface area contributed by atoms with Crippen molar-refractivity contribution in [1.29, 1.82) is 0 Å². The molecule has 0 spiro atoms. The van der Waals surface area contributed by atoms with Crippen LogP contribution >= 0.6 is 0 Å². The number of hydrogen-bond donors (Lipinski definition) is 2. The van der Waals surface area contributed by atoms with Crippen molar-refractivity contribution in [3.8, 4) is 40.1 Å². The van der Waals surface area contributed by atoms with E-state index in [9.17, 15) is 20.3 Å². The van der Waals surface area contributed by atoms with Crippen molar-refractivity contribution in [2.45, 2.75) is 52.4 Å². The number of rotatable bonds is 3. The maximum Gasteiger partial charge on any atom is 0.311 e. The van der Waals surface area contributed by atoms with Crippen LogP contribution in [0.25, 0.3) is 28.1 Å². The molecular weight excluding hydrogens is 486 g/mol. The summed E-state index contributed by atoms with van der Waals surface area (Å²) in [6.07, 6.45) is 0. The summed E-state index contributed by atoms with van der Waals surface area (Å²) in [7, 11) is 0. The first-order chi connectivity index (χ1) is 17.8. The molecule has 0 radical (unpaired) electrons. The zero-order valence-electron chi connectivity index (χ0n) is 22.3.